The van der Waals surface area contributed by atoms with Crippen LogP contribution in [0.25, 0.3) is 0 Å². The summed E-state index contributed by atoms with van der Waals surface area (Å²) in [5, 5.41) is 0. The van der Waals surface area contributed by atoms with Gasteiger partial charge in [-0.25, -0.2) is 0 Å². The minimum Gasteiger partial charge on any atom is -0.384 e. The van der Waals surface area contributed by atoms with Gasteiger partial charge in [-0.15, -0.1) is 0 Å². The van der Waals surface area contributed by atoms with Crippen LogP contribution in [0.3, 0.4) is 0 Å². The van der Waals surface area contributed by atoms with Gasteiger partial charge in [0.1, 0.15) is 5.78 Å². The molecule has 0 saturated carbocycles. The molecule has 3 heteroatoms. The van der Waals surface area contributed by atoms with Gasteiger partial charge in [-0.3, -0.25) is 9.78 Å². The summed E-state index contributed by atoms with van der Waals surface area (Å²) in [5.41, 5.74) is 2.26. The molecule has 0 radical (unpaired) electrons. The molecule has 1 aromatic rings. The van der Waals surface area contributed by atoms with E-state index >= 15 is 0 Å². The van der Waals surface area contributed by atoms with Crippen LogP contribution in [0, 0.1) is 5.92 Å². The minimum atomic E-state index is 0.00857. The van der Waals surface area contributed by atoms with E-state index in [9.17, 15) is 4.79 Å². The lowest BCUT2D eigenvalue weighted by molar-refractivity contribution is -0.122. The molecule has 0 aromatic carbocycles. The van der Waals surface area contributed by atoms with Crippen LogP contribution in [-0.2, 0) is 16.0 Å². The van der Waals surface area contributed by atoms with Crippen molar-refractivity contribution in [2.75, 3.05) is 13.7 Å². The molecule has 0 bridgehead atoms. The molecule has 2 atom stereocenters. The van der Waals surface area contributed by atoms with E-state index < -0.39 is 0 Å². The fourth-order valence-corrected chi connectivity index (χ4v) is 2.75. The van der Waals surface area contributed by atoms with Gasteiger partial charge in [-0.2, -0.15) is 0 Å². The summed E-state index contributed by atoms with van der Waals surface area (Å²) >= 11 is 0. The third-order valence-corrected chi connectivity index (χ3v) is 3.58. The molecule has 2 rings (SSSR count). The number of hydrogen-bond donors (Lipinski definition) is 0. The minimum absolute atomic E-state index is 0.00857. The second-order valence-corrected chi connectivity index (χ2v) is 5.22. The molecule has 0 aliphatic heterocycles. The summed E-state index contributed by atoms with van der Waals surface area (Å²) in [6, 6.07) is 4.06. The fourth-order valence-electron chi connectivity index (χ4n) is 2.75. The van der Waals surface area contributed by atoms with E-state index in [0.29, 0.717) is 18.8 Å². The van der Waals surface area contributed by atoms with Gasteiger partial charge in [-0.1, -0.05) is 13.0 Å². The number of ether oxygens (including phenoxy) is 1. The SMILES string of the molecule is COCC(C)CC(=O)C1CCCc2cccnc21. The van der Waals surface area contributed by atoms with Crippen LogP contribution in [0.1, 0.15) is 43.4 Å². The molecule has 1 aliphatic rings. The number of fused-ring (bicyclic) bond motifs is 1. The lowest BCUT2D eigenvalue weighted by Gasteiger charge is -2.24. The van der Waals surface area contributed by atoms with Crippen molar-refractivity contribution in [1.82, 2.24) is 4.98 Å². The first-order chi connectivity index (χ1) is 8.72. The van der Waals surface area contributed by atoms with Crippen LogP contribution in [0.5, 0.6) is 0 Å². The third kappa shape index (κ3) is 2.96. The standard InChI is InChI=1S/C15H21NO2/c1-11(10-18-2)9-14(17)13-7-3-5-12-6-4-8-16-15(12)13/h4,6,8,11,13H,3,5,7,9-10H2,1-2H3. The van der Waals surface area contributed by atoms with Gasteiger partial charge in [0.25, 0.3) is 0 Å². The fraction of sp³-hybridized carbons (Fsp3) is 0.600. The maximum absolute atomic E-state index is 12.4. The second kappa shape index (κ2) is 6.10. The largest absolute Gasteiger partial charge is 0.384 e. The number of hydrogen-bond acceptors (Lipinski definition) is 3. The zero-order chi connectivity index (χ0) is 13.0. The predicted octanol–water partition coefficient (Wildman–Crippen LogP) is 2.74. The van der Waals surface area contributed by atoms with E-state index in [0.717, 1.165) is 25.0 Å². The van der Waals surface area contributed by atoms with Gasteiger partial charge in [-0.05, 0) is 36.8 Å². The summed E-state index contributed by atoms with van der Waals surface area (Å²) < 4.78 is 5.09. The molecule has 18 heavy (non-hydrogen) atoms. The number of rotatable bonds is 5. The highest BCUT2D eigenvalue weighted by atomic mass is 16.5. The topological polar surface area (TPSA) is 39.2 Å². The first-order valence-corrected chi connectivity index (χ1v) is 6.67. The van der Waals surface area contributed by atoms with Crippen molar-refractivity contribution < 1.29 is 9.53 Å². The Morgan fingerprint density at radius 1 is 1.61 bits per heavy atom. The van der Waals surface area contributed by atoms with Gasteiger partial charge in [0.05, 0.1) is 11.6 Å². The Morgan fingerprint density at radius 2 is 2.44 bits per heavy atom. The zero-order valence-corrected chi connectivity index (χ0v) is 11.2. The van der Waals surface area contributed by atoms with Gasteiger partial charge in [0.15, 0.2) is 0 Å². The average molecular weight is 247 g/mol. The Kier molecular flexibility index (Phi) is 4.48. The highest BCUT2D eigenvalue weighted by molar-refractivity contribution is 5.86. The summed E-state index contributed by atoms with van der Waals surface area (Å²) in [7, 11) is 1.68. The molecule has 1 heterocycles. The van der Waals surface area contributed by atoms with Gasteiger partial charge >= 0.3 is 0 Å². The number of ketones is 1. The second-order valence-electron chi connectivity index (χ2n) is 5.22. The maximum Gasteiger partial charge on any atom is 0.142 e. The molecular formula is C15H21NO2. The number of carbonyl (C=O) groups excluding carboxylic acids is 1. The van der Waals surface area contributed by atoms with Gasteiger partial charge < -0.3 is 4.74 Å². The van der Waals surface area contributed by atoms with Gasteiger partial charge in [0.2, 0.25) is 0 Å². The quantitative estimate of drug-likeness (QED) is 0.803. The van der Waals surface area contributed by atoms with Crippen LogP contribution in [0.15, 0.2) is 18.3 Å². The molecule has 0 fully saturated rings. The first kappa shape index (κ1) is 13.2. The Hall–Kier alpha value is -1.22. The van der Waals surface area contributed by atoms with E-state index in [2.05, 4.69) is 18.0 Å². The molecule has 1 aromatic heterocycles. The molecule has 0 N–H and O–H groups in total. The predicted molar refractivity (Wildman–Crippen MR) is 70.6 cm³/mol. The van der Waals surface area contributed by atoms with Crippen molar-refractivity contribution in [3.63, 3.8) is 0 Å². The van der Waals surface area contributed by atoms with Crippen LogP contribution in [0.2, 0.25) is 0 Å². The van der Waals surface area contributed by atoms with Crippen molar-refractivity contribution in [1.29, 1.82) is 0 Å². The van der Waals surface area contributed by atoms with E-state index in [1.165, 1.54) is 5.56 Å². The summed E-state index contributed by atoms with van der Waals surface area (Å²) in [6.45, 7) is 2.71. The highest BCUT2D eigenvalue weighted by Crippen LogP contribution is 2.31. The molecular weight excluding hydrogens is 226 g/mol. The van der Waals surface area contributed by atoms with E-state index in [1.807, 2.05) is 6.07 Å². The van der Waals surface area contributed by atoms with Crippen LogP contribution < -0.4 is 0 Å². The van der Waals surface area contributed by atoms with Crippen LogP contribution in [0.4, 0.5) is 0 Å². The van der Waals surface area contributed by atoms with Gasteiger partial charge in [0, 0.05) is 26.3 Å². The number of Topliss-reactive ketones (excluding diaryl/α,β-unsaturated/α-hetero) is 1. The molecule has 0 amide bonds. The Balaban J connectivity index is 2.08. The molecule has 3 nitrogen and oxygen atoms in total. The number of pyridine rings is 1. The summed E-state index contributed by atoms with van der Waals surface area (Å²) in [4.78, 5) is 16.8. The lowest BCUT2D eigenvalue weighted by Crippen LogP contribution is -2.22. The first-order valence-electron chi connectivity index (χ1n) is 6.67. The normalized spacial score (nSPS) is 20.2. The lowest BCUT2D eigenvalue weighted by atomic mass is 9.82. The van der Waals surface area contributed by atoms with Crippen molar-refractivity contribution in [2.24, 2.45) is 5.92 Å². The number of nitrogens with zero attached hydrogens (tertiary/aromatic N) is 1. The van der Waals surface area contributed by atoms with E-state index in [-0.39, 0.29) is 11.8 Å². The van der Waals surface area contributed by atoms with Crippen molar-refractivity contribution in [2.45, 2.75) is 38.5 Å². The maximum atomic E-state index is 12.4. The molecule has 0 saturated heterocycles. The summed E-state index contributed by atoms with van der Waals surface area (Å²) in [5.74, 6) is 0.616. The summed E-state index contributed by atoms with van der Waals surface area (Å²) in [6.07, 6.45) is 5.48. The number of aromatic nitrogens is 1. The van der Waals surface area contributed by atoms with Crippen LogP contribution in [-0.4, -0.2) is 24.5 Å². The number of carbonyl (C=O) groups is 1. The Bertz CT molecular complexity index is 417. The highest BCUT2D eigenvalue weighted by Gasteiger charge is 2.28. The van der Waals surface area contributed by atoms with Crippen molar-refractivity contribution in [3.8, 4) is 0 Å². The average Bonchev–Trinajstić information content (AvgIpc) is 2.38. The van der Waals surface area contributed by atoms with Crippen LogP contribution >= 0.6 is 0 Å². The molecule has 2 unspecified atom stereocenters. The molecule has 98 valence electrons. The van der Waals surface area contributed by atoms with Crippen molar-refractivity contribution >= 4 is 5.78 Å². The third-order valence-electron chi connectivity index (χ3n) is 3.58. The Labute approximate surface area is 109 Å². The zero-order valence-electron chi connectivity index (χ0n) is 11.2. The Morgan fingerprint density at radius 3 is 3.22 bits per heavy atom. The molecule has 0 spiro atoms. The van der Waals surface area contributed by atoms with E-state index in [1.54, 1.807) is 13.3 Å². The number of aryl methyl sites for hydroxylation is 1. The van der Waals surface area contributed by atoms with Crippen molar-refractivity contribution in [3.05, 3.63) is 29.6 Å². The smallest absolute Gasteiger partial charge is 0.142 e. The monoisotopic (exact) mass is 247 g/mol. The number of methoxy groups -OCH3 is 1. The molecule has 1 aliphatic carbocycles. The van der Waals surface area contributed by atoms with E-state index in [4.69, 9.17) is 4.74 Å².